The summed E-state index contributed by atoms with van der Waals surface area (Å²) in [6.07, 6.45) is 0. The Hall–Kier alpha value is -1.00. The third kappa shape index (κ3) is 1.99. The van der Waals surface area contributed by atoms with Crippen molar-refractivity contribution in [1.29, 1.82) is 0 Å². The molecule has 0 radical (unpaired) electrons. The van der Waals surface area contributed by atoms with Gasteiger partial charge in [-0.25, -0.2) is 4.39 Å². The van der Waals surface area contributed by atoms with Gasteiger partial charge in [0.1, 0.15) is 5.82 Å². The van der Waals surface area contributed by atoms with Crippen LogP contribution >= 0.6 is 11.6 Å². The molecule has 62 valence electrons. The van der Waals surface area contributed by atoms with E-state index in [1.54, 1.807) is 19.1 Å². The van der Waals surface area contributed by atoms with E-state index in [1.807, 2.05) is 0 Å². The van der Waals surface area contributed by atoms with Crippen LogP contribution in [0.2, 0.25) is 0 Å². The minimum Gasteiger partial charge on any atom is -0.207 e. The Balaban J connectivity index is 3.08. The lowest BCUT2D eigenvalue weighted by Gasteiger charge is -1.97. The molecule has 0 saturated carbocycles. The van der Waals surface area contributed by atoms with Crippen molar-refractivity contribution in [1.82, 2.24) is 0 Å². The van der Waals surface area contributed by atoms with Crippen LogP contribution in [0.4, 0.5) is 4.39 Å². The fourth-order valence-electron chi connectivity index (χ4n) is 0.872. The molecule has 0 N–H and O–H groups in total. The number of alkyl halides is 1. The summed E-state index contributed by atoms with van der Waals surface area (Å²) < 4.78 is 12.9. The number of halogens is 2. The molecule has 1 rings (SSSR count). The van der Waals surface area contributed by atoms with Gasteiger partial charge in [0, 0.05) is 11.1 Å². The van der Waals surface area contributed by atoms with Crippen LogP contribution in [-0.4, -0.2) is 5.88 Å². The highest BCUT2D eigenvalue weighted by molar-refractivity contribution is 6.19. The molecule has 12 heavy (non-hydrogen) atoms. The quantitative estimate of drug-likeness (QED) is 0.428. The van der Waals surface area contributed by atoms with E-state index in [4.69, 9.17) is 11.6 Å². The highest BCUT2D eigenvalue weighted by atomic mass is 35.5. The monoisotopic (exact) mass is 182 g/mol. The first-order chi connectivity index (χ1) is 5.75. The molecule has 1 aromatic rings. The molecule has 0 aliphatic heterocycles. The first-order valence-electron chi connectivity index (χ1n) is 3.55. The molecular weight excluding hydrogens is 175 g/mol. The lowest BCUT2D eigenvalue weighted by Crippen LogP contribution is -1.86. The molecule has 0 atom stereocenters. The summed E-state index contributed by atoms with van der Waals surface area (Å²) in [7, 11) is 0. The second-order valence-corrected chi connectivity index (χ2v) is 2.62. The molecule has 0 unspecified atom stereocenters. The minimum absolute atomic E-state index is 0.226. The Labute approximate surface area is 76.4 Å². The van der Waals surface area contributed by atoms with Gasteiger partial charge >= 0.3 is 0 Å². The molecule has 0 saturated heterocycles. The first kappa shape index (κ1) is 9.09. The largest absolute Gasteiger partial charge is 0.207 e. The van der Waals surface area contributed by atoms with Crippen molar-refractivity contribution in [3.8, 4) is 11.8 Å². The van der Waals surface area contributed by atoms with E-state index in [9.17, 15) is 4.39 Å². The van der Waals surface area contributed by atoms with Crippen LogP contribution in [0, 0.1) is 24.6 Å². The third-order valence-electron chi connectivity index (χ3n) is 1.56. The summed E-state index contributed by atoms with van der Waals surface area (Å²) in [5.74, 6) is 5.51. The lowest BCUT2D eigenvalue weighted by atomic mass is 10.1. The van der Waals surface area contributed by atoms with Crippen LogP contribution in [0.5, 0.6) is 0 Å². The Kier molecular flexibility index (Phi) is 3.13. The number of hydrogen-bond acceptors (Lipinski definition) is 0. The van der Waals surface area contributed by atoms with Gasteiger partial charge in [0.2, 0.25) is 0 Å². The number of rotatable bonds is 0. The van der Waals surface area contributed by atoms with Gasteiger partial charge in [0.25, 0.3) is 0 Å². The van der Waals surface area contributed by atoms with E-state index >= 15 is 0 Å². The number of benzene rings is 1. The average molecular weight is 183 g/mol. The molecule has 0 nitrogen and oxygen atoms in total. The van der Waals surface area contributed by atoms with Gasteiger partial charge in [-0.1, -0.05) is 17.9 Å². The zero-order chi connectivity index (χ0) is 8.97. The predicted molar refractivity (Wildman–Crippen MR) is 48.7 cm³/mol. The molecule has 0 spiro atoms. The maximum absolute atomic E-state index is 12.9. The van der Waals surface area contributed by atoms with Crippen LogP contribution < -0.4 is 0 Å². The van der Waals surface area contributed by atoms with Gasteiger partial charge in [-0.3, -0.25) is 0 Å². The molecule has 0 aliphatic carbocycles. The van der Waals surface area contributed by atoms with E-state index in [1.165, 1.54) is 6.07 Å². The van der Waals surface area contributed by atoms with Crippen LogP contribution in [0.3, 0.4) is 0 Å². The second-order valence-electron chi connectivity index (χ2n) is 2.35. The molecule has 1 aromatic carbocycles. The third-order valence-corrected chi connectivity index (χ3v) is 1.69. The zero-order valence-electron chi connectivity index (χ0n) is 6.70. The summed E-state index contributed by atoms with van der Waals surface area (Å²) in [6, 6.07) is 4.83. The molecule has 0 heterocycles. The van der Waals surface area contributed by atoms with Crippen LogP contribution in [0.25, 0.3) is 0 Å². The average Bonchev–Trinajstić information content (AvgIpc) is 2.08. The normalized spacial score (nSPS) is 8.92. The summed E-state index contributed by atoms with van der Waals surface area (Å²) in [5.41, 5.74) is 1.28. The van der Waals surface area contributed by atoms with Crippen molar-refractivity contribution in [3.05, 3.63) is 35.1 Å². The molecule has 0 aromatic heterocycles. The minimum atomic E-state index is -0.226. The fourth-order valence-corrected chi connectivity index (χ4v) is 0.938. The van der Waals surface area contributed by atoms with E-state index in [-0.39, 0.29) is 11.7 Å². The second kappa shape index (κ2) is 4.13. The Morgan fingerprint density at radius 3 is 2.92 bits per heavy atom. The van der Waals surface area contributed by atoms with Crippen LogP contribution in [-0.2, 0) is 0 Å². The van der Waals surface area contributed by atoms with Gasteiger partial charge in [-0.05, 0) is 19.1 Å². The van der Waals surface area contributed by atoms with Gasteiger partial charge in [0.05, 0.1) is 5.88 Å². The van der Waals surface area contributed by atoms with Crippen molar-refractivity contribution >= 4 is 11.6 Å². The molecule has 2 heteroatoms. The highest BCUT2D eigenvalue weighted by Gasteiger charge is 1.98. The van der Waals surface area contributed by atoms with Gasteiger partial charge < -0.3 is 0 Å². The molecule has 0 bridgehead atoms. The predicted octanol–water partition coefficient (Wildman–Crippen LogP) is 2.72. The Bertz CT molecular complexity index is 333. The number of hydrogen-bond donors (Lipinski definition) is 0. The highest BCUT2D eigenvalue weighted by Crippen LogP contribution is 2.10. The smallest absolute Gasteiger partial charge is 0.127 e. The molecular formula is C10H8ClF. The molecule has 0 aliphatic rings. The van der Waals surface area contributed by atoms with E-state index in [2.05, 4.69) is 11.8 Å². The molecule has 0 fully saturated rings. The maximum Gasteiger partial charge on any atom is 0.127 e. The lowest BCUT2D eigenvalue weighted by molar-refractivity contribution is 0.618. The van der Waals surface area contributed by atoms with Crippen molar-refractivity contribution in [2.75, 3.05) is 5.88 Å². The Morgan fingerprint density at radius 2 is 2.25 bits per heavy atom. The van der Waals surface area contributed by atoms with E-state index in [0.717, 1.165) is 0 Å². The fraction of sp³-hybridized carbons (Fsp3) is 0.200. The SMILES string of the molecule is Cc1c(F)cccc1C#CCCl. The maximum atomic E-state index is 12.9. The van der Waals surface area contributed by atoms with Crippen molar-refractivity contribution in [2.45, 2.75) is 6.92 Å². The summed E-state index contributed by atoms with van der Waals surface area (Å²) >= 11 is 5.38. The van der Waals surface area contributed by atoms with Gasteiger partial charge in [-0.2, -0.15) is 0 Å². The van der Waals surface area contributed by atoms with Crippen molar-refractivity contribution in [3.63, 3.8) is 0 Å². The van der Waals surface area contributed by atoms with Crippen molar-refractivity contribution in [2.24, 2.45) is 0 Å². The standard InChI is InChI=1S/C10H8ClF/c1-8-9(5-3-7-11)4-2-6-10(8)12/h2,4,6H,7H2,1H3. The summed E-state index contributed by atoms with van der Waals surface area (Å²) in [6.45, 7) is 1.70. The molecule has 0 amide bonds. The van der Waals surface area contributed by atoms with Crippen LogP contribution in [0.15, 0.2) is 18.2 Å². The summed E-state index contributed by atoms with van der Waals surface area (Å²) in [4.78, 5) is 0. The first-order valence-corrected chi connectivity index (χ1v) is 4.09. The van der Waals surface area contributed by atoms with E-state index in [0.29, 0.717) is 11.1 Å². The topological polar surface area (TPSA) is 0 Å². The summed E-state index contributed by atoms with van der Waals surface area (Å²) in [5, 5.41) is 0. The van der Waals surface area contributed by atoms with Gasteiger partial charge in [-0.15, -0.1) is 11.6 Å². The van der Waals surface area contributed by atoms with Crippen LogP contribution in [0.1, 0.15) is 11.1 Å². The van der Waals surface area contributed by atoms with Gasteiger partial charge in [0.15, 0.2) is 0 Å². The van der Waals surface area contributed by atoms with E-state index < -0.39 is 0 Å². The Morgan fingerprint density at radius 1 is 1.50 bits per heavy atom. The zero-order valence-corrected chi connectivity index (χ0v) is 7.45. The van der Waals surface area contributed by atoms with Crippen molar-refractivity contribution < 1.29 is 4.39 Å².